The second kappa shape index (κ2) is 5.75. The van der Waals surface area contributed by atoms with E-state index in [4.69, 9.17) is 0 Å². The molecule has 5 rings (SSSR count). The summed E-state index contributed by atoms with van der Waals surface area (Å²) in [6.07, 6.45) is 1.78. The van der Waals surface area contributed by atoms with Gasteiger partial charge >= 0.3 is 0 Å². The molecular formula is C21H24F2N2O3. The molecule has 2 N–H and O–H groups in total. The zero-order chi connectivity index (χ0) is 19.8. The number of nitrogens with one attached hydrogen (secondary N) is 1. The van der Waals surface area contributed by atoms with Gasteiger partial charge in [0.05, 0.1) is 17.6 Å². The predicted molar refractivity (Wildman–Crippen MR) is 97.3 cm³/mol. The first-order valence-corrected chi connectivity index (χ1v) is 9.98. The molecule has 2 atom stereocenters. The summed E-state index contributed by atoms with van der Waals surface area (Å²) in [6.45, 7) is 1.56. The van der Waals surface area contributed by atoms with Crippen LogP contribution in [0.5, 0.6) is 0 Å². The lowest BCUT2D eigenvalue weighted by molar-refractivity contribution is -0.125. The second-order valence-corrected chi connectivity index (χ2v) is 9.32. The Bertz CT molecular complexity index is 875. The molecule has 1 spiro atoms. The first-order valence-electron chi connectivity index (χ1n) is 9.98. The van der Waals surface area contributed by atoms with E-state index in [1.807, 2.05) is 0 Å². The molecule has 3 saturated carbocycles. The minimum atomic E-state index is -1.20. The molecule has 4 aliphatic rings. The average Bonchev–Trinajstić information content (AvgIpc) is 3.49. The molecule has 0 unspecified atom stereocenters. The lowest BCUT2D eigenvalue weighted by atomic mass is 9.77. The highest BCUT2D eigenvalue weighted by molar-refractivity contribution is 6.00. The Morgan fingerprint density at radius 3 is 2.57 bits per heavy atom. The summed E-state index contributed by atoms with van der Waals surface area (Å²) in [6, 6.07) is 3.14. The van der Waals surface area contributed by atoms with Crippen molar-refractivity contribution < 1.29 is 23.5 Å². The molecule has 0 radical (unpaired) electrons. The molecule has 0 aromatic heterocycles. The van der Waals surface area contributed by atoms with Crippen molar-refractivity contribution in [2.75, 3.05) is 13.1 Å². The standard InChI is InChI=1S/C21H24F2N2O3/c1-20(28)6-12(7-20)24-16(26)9-25-10-21(8-15(21)22)17-14(19(25)27)5-4-13(18(17)23)11-2-3-11/h4-5,11-12,15,28H,2-3,6-10H2,1H3,(H,24,26)/t12?,15-,20?,21-/m1/s1. The van der Waals surface area contributed by atoms with Crippen molar-refractivity contribution in [1.29, 1.82) is 0 Å². The number of nitrogens with zero attached hydrogens (tertiary/aromatic N) is 1. The van der Waals surface area contributed by atoms with E-state index >= 15 is 4.39 Å². The fourth-order valence-electron chi connectivity index (χ4n) is 4.99. The highest BCUT2D eigenvalue weighted by atomic mass is 19.1. The van der Waals surface area contributed by atoms with Gasteiger partial charge in [-0.15, -0.1) is 0 Å². The molecule has 1 aliphatic heterocycles. The molecule has 0 saturated heterocycles. The molecule has 0 bridgehead atoms. The lowest BCUT2D eigenvalue weighted by Gasteiger charge is -2.41. The van der Waals surface area contributed by atoms with E-state index < -0.39 is 28.9 Å². The number of carbonyl (C=O) groups excluding carboxylic acids is 2. The summed E-state index contributed by atoms with van der Waals surface area (Å²) in [4.78, 5) is 26.6. The highest BCUT2D eigenvalue weighted by Gasteiger charge is 2.62. The minimum absolute atomic E-state index is 0.0286. The number of halogens is 2. The minimum Gasteiger partial charge on any atom is -0.390 e. The Balaban J connectivity index is 1.37. The van der Waals surface area contributed by atoms with Crippen LogP contribution in [0.15, 0.2) is 12.1 Å². The average molecular weight is 390 g/mol. The summed E-state index contributed by atoms with van der Waals surface area (Å²) in [5.74, 6) is -0.998. The maximum Gasteiger partial charge on any atom is 0.254 e. The van der Waals surface area contributed by atoms with Crippen molar-refractivity contribution in [3.63, 3.8) is 0 Å². The maximum atomic E-state index is 15.2. The Morgan fingerprint density at radius 1 is 1.32 bits per heavy atom. The van der Waals surface area contributed by atoms with Crippen LogP contribution in [0.1, 0.15) is 66.4 Å². The van der Waals surface area contributed by atoms with Crippen molar-refractivity contribution in [2.45, 2.75) is 68.2 Å². The van der Waals surface area contributed by atoms with Crippen molar-refractivity contribution in [1.82, 2.24) is 10.2 Å². The summed E-state index contributed by atoms with van der Waals surface area (Å²) < 4.78 is 29.6. The van der Waals surface area contributed by atoms with E-state index in [0.717, 1.165) is 12.8 Å². The van der Waals surface area contributed by atoms with Crippen molar-refractivity contribution >= 4 is 11.8 Å². The summed E-state index contributed by atoms with van der Waals surface area (Å²) in [7, 11) is 0. The number of fused-ring (bicyclic) bond motifs is 2. The number of hydrogen-bond acceptors (Lipinski definition) is 3. The molecule has 3 aliphatic carbocycles. The molecule has 1 heterocycles. The van der Waals surface area contributed by atoms with Crippen molar-refractivity contribution in [2.24, 2.45) is 0 Å². The lowest BCUT2D eigenvalue weighted by Crippen LogP contribution is -2.56. The number of benzene rings is 1. The van der Waals surface area contributed by atoms with E-state index in [-0.39, 0.29) is 48.5 Å². The van der Waals surface area contributed by atoms with Gasteiger partial charge in [-0.2, -0.15) is 0 Å². The molecular weight excluding hydrogens is 366 g/mol. The van der Waals surface area contributed by atoms with Crippen LogP contribution < -0.4 is 5.32 Å². The quantitative estimate of drug-likeness (QED) is 0.828. The zero-order valence-electron chi connectivity index (χ0n) is 15.8. The third kappa shape index (κ3) is 2.74. The number of carbonyl (C=O) groups is 2. The van der Waals surface area contributed by atoms with Crippen LogP contribution in [-0.4, -0.2) is 52.7 Å². The van der Waals surface area contributed by atoms with Crippen LogP contribution in [0.4, 0.5) is 8.78 Å². The van der Waals surface area contributed by atoms with Gasteiger partial charge in [0.2, 0.25) is 5.91 Å². The van der Waals surface area contributed by atoms with Gasteiger partial charge in [-0.3, -0.25) is 9.59 Å². The van der Waals surface area contributed by atoms with Gasteiger partial charge in [0.15, 0.2) is 0 Å². The highest BCUT2D eigenvalue weighted by Crippen LogP contribution is 2.56. The first-order chi connectivity index (χ1) is 13.2. The number of amides is 2. The molecule has 1 aromatic carbocycles. The Hall–Kier alpha value is -2.02. The topological polar surface area (TPSA) is 69.6 Å². The van der Waals surface area contributed by atoms with E-state index in [9.17, 15) is 19.1 Å². The van der Waals surface area contributed by atoms with Gasteiger partial charge < -0.3 is 15.3 Å². The zero-order valence-corrected chi connectivity index (χ0v) is 15.8. The number of rotatable bonds is 4. The third-order valence-corrected chi connectivity index (χ3v) is 6.73. The smallest absolute Gasteiger partial charge is 0.254 e. The SMILES string of the molecule is CC1(O)CC(NC(=O)CN2C[C@@]3(C[C@H]3F)c3c(ccc(C4CC4)c3F)C2=O)C1. The monoisotopic (exact) mass is 390 g/mol. The third-order valence-electron chi connectivity index (χ3n) is 6.73. The van der Waals surface area contributed by atoms with Crippen LogP contribution in [0.2, 0.25) is 0 Å². The van der Waals surface area contributed by atoms with E-state index in [1.165, 1.54) is 4.90 Å². The van der Waals surface area contributed by atoms with Gasteiger partial charge in [-0.1, -0.05) is 6.07 Å². The van der Waals surface area contributed by atoms with E-state index in [1.54, 1.807) is 19.1 Å². The fourth-order valence-corrected chi connectivity index (χ4v) is 4.99. The Kier molecular flexibility index (Phi) is 3.70. The normalized spacial score (nSPS) is 36.1. The maximum absolute atomic E-state index is 15.2. The molecule has 7 heteroatoms. The van der Waals surface area contributed by atoms with E-state index in [2.05, 4.69) is 5.32 Å². The van der Waals surface area contributed by atoms with Gasteiger partial charge in [0.1, 0.15) is 12.0 Å². The van der Waals surface area contributed by atoms with Crippen LogP contribution in [-0.2, 0) is 10.2 Å². The largest absolute Gasteiger partial charge is 0.390 e. The predicted octanol–water partition coefficient (Wildman–Crippen LogP) is 2.17. The number of alkyl halides is 1. The molecule has 3 fully saturated rings. The van der Waals surface area contributed by atoms with E-state index in [0.29, 0.717) is 18.4 Å². The fraction of sp³-hybridized carbons (Fsp3) is 0.619. The van der Waals surface area contributed by atoms with Crippen LogP contribution in [0.3, 0.4) is 0 Å². The Labute approximate surface area is 162 Å². The van der Waals surface area contributed by atoms with Crippen molar-refractivity contribution in [3.8, 4) is 0 Å². The molecule has 1 aromatic rings. The van der Waals surface area contributed by atoms with Crippen molar-refractivity contribution in [3.05, 3.63) is 34.6 Å². The molecule has 2 amide bonds. The van der Waals surface area contributed by atoms with Gasteiger partial charge in [0, 0.05) is 23.7 Å². The van der Waals surface area contributed by atoms with Crippen LogP contribution in [0, 0.1) is 5.82 Å². The van der Waals surface area contributed by atoms with Gasteiger partial charge in [-0.25, -0.2) is 8.78 Å². The number of hydrogen-bond donors (Lipinski definition) is 2. The summed E-state index contributed by atoms with van der Waals surface area (Å²) in [5, 5.41) is 12.6. The Morgan fingerprint density at radius 2 is 2.00 bits per heavy atom. The first kappa shape index (κ1) is 18.0. The van der Waals surface area contributed by atoms with Crippen LogP contribution >= 0.6 is 0 Å². The summed E-state index contributed by atoms with van der Waals surface area (Å²) in [5.41, 5.74) is -0.769. The van der Waals surface area contributed by atoms with Crippen LogP contribution in [0.25, 0.3) is 0 Å². The second-order valence-electron chi connectivity index (χ2n) is 9.32. The molecule has 28 heavy (non-hydrogen) atoms. The number of aliphatic hydroxyl groups is 1. The summed E-state index contributed by atoms with van der Waals surface area (Å²) >= 11 is 0. The molecule has 5 nitrogen and oxygen atoms in total. The van der Waals surface area contributed by atoms with Gasteiger partial charge in [0.25, 0.3) is 5.91 Å². The molecule has 150 valence electrons. The van der Waals surface area contributed by atoms with Gasteiger partial charge in [-0.05, 0) is 56.6 Å².